The summed E-state index contributed by atoms with van der Waals surface area (Å²) in [7, 11) is 1.59. The van der Waals surface area contributed by atoms with Crippen LogP contribution in [0.4, 0.5) is 4.39 Å². The third-order valence-electron chi connectivity index (χ3n) is 5.69. The summed E-state index contributed by atoms with van der Waals surface area (Å²) in [6, 6.07) is 5.62. The van der Waals surface area contributed by atoms with Gasteiger partial charge >= 0.3 is 0 Å². The van der Waals surface area contributed by atoms with Crippen molar-refractivity contribution < 1.29 is 18.6 Å². The lowest BCUT2D eigenvalue weighted by Crippen LogP contribution is -2.38. The molecule has 0 aromatic heterocycles. The van der Waals surface area contributed by atoms with Crippen molar-refractivity contribution in [2.24, 2.45) is 11.8 Å². The van der Waals surface area contributed by atoms with E-state index in [1.807, 2.05) is 6.07 Å². The first-order chi connectivity index (χ1) is 12.2. The van der Waals surface area contributed by atoms with Crippen LogP contribution in [0, 0.1) is 17.7 Å². The SMILES string of the molecule is CCC[C@H]1CO[C@H]([C@H]2CC[C@H](c3ccc(COC)c(F)c3)CC2)OC1. The average molecular weight is 350 g/mol. The first kappa shape index (κ1) is 18.8. The molecule has 4 heteroatoms. The van der Waals surface area contributed by atoms with Crippen molar-refractivity contribution >= 4 is 0 Å². The summed E-state index contributed by atoms with van der Waals surface area (Å²) >= 11 is 0. The molecule has 2 fully saturated rings. The van der Waals surface area contributed by atoms with E-state index in [1.54, 1.807) is 13.2 Å². The third-order valence-corrected chi connectivity index (χ3v) is 5.69. The van der Waals surface area contributed by atoms with Crippen LogP contribution >= 0.6 is 0 Å². The van der Waals surface area contributed by atoms with E-state index in [4.69, 9.17) is 14.2 Å². The normalized spacial score (nSPS) is 30.4. The standard InChI is InChI=1S/C21H31FO3/c1-3-4-15-12-24-21(25-13-15)17-7-5-16(6-8-17)18-9-10-19(14-23-2)20(22)11-18/h9-11,15-17,21H,3-8,12-14H2,1-2H3/t15-,16-,17-,21-. The van der Waals surface area contributed by atoms with Crippen molar-refractivity contribution in [2.75, 3.05) is 20.3 Å². The second kappa shape index (κ2) is 9.11. The maximum atomic E-state index is 14.1. The maximum Gasteiger partial charge on any atom is 0.160 e. The summed E-state index contributed by atoms with van der Waals surface area (Å²) in [5.41, 5.74) is 1.75. The zero-order chi connectivity index (χ0) is 17.6. The molecular formula is C21H31FO3. The van der Waals surface area contributed by atoms with Crippen molar-refractivity contribution in [3.8, 4) is 0 Å². The van der Waals surface area contributed by atoms with E-state index in [-0.39, 0.29) is 12.1 Å². The van der Waals surface area contributed by atoms with Gasteiger partial charge in [0.05, 0.1) is 19.8 Å². The molecule has 0 radical (unpaired) electrons. The number of halogens is 1. The molecule has 1 saturated carbocycles. The third kappa shape index (κ3) is 4.81. The summed E-state index contributed by atoms with van der Waals surface area (Å²) in [5, 5.41) is 0. The van der Waals surface area contributed by atoms with Gasteiger partial charge in [-0.25, -0.2) is 4.39 Å². The summed E-state index contributed by atoms with van der Waals surface area (Å²) in [6.07, 6.45) is 6.68. The van der Waals surface area contributed by atoms with Crippen LogP contribution in [0.1, 0.15) is 62.5 Å². The van der Waals surface area contributed by atoms with E-state index >= 15 is 0 Å². The van der Waals surface area contributed by atoms with Crippen molar-refractivity contribution in [1.29, 1.82) is 0 Å². The Balaban J connectivity index is 1.50. The molecule has 140 valence electrons. The molecule has 2 aliphatic rings. The minimum absolute atomic E-state index is 0.0325. The predicted octanol–water partition coefficient (Wildman–Crippen LogP) is 5.04. The summed E-state index contributed by atoms with van der Waals surface area (Å²) < 4.78 is 31.1. The fourth-order valence-electron chi connectivity index (χ4n) is 4.22. The minimum atomic E-state index is -0.151. The van der Waals surface area contributed by atoms with Gasteiger partial charge in [0.2, 0.25) is 0 Å². The Kier molecular flexibility index (Phi) is 6.85. The lowest BCUT2D eigenvalue weighted by Gasteiger charge is -2.37. The van der Waals surface area contributed by atoms with Crippen LogP contribution in [-0.2, 0) is 20.8 Å². The summed E-state index contributed by atoms with van der Waals surface area (Å²) in [5.74, 6) is 1.34. The summed E-state index contributed by atoms with van der Waals surface area (Å²) in [4.78, 5) is 0. The van der Waals surface area contributed by atoms with Gasteiger partial charge in [-0.3, -0.25) is 0 Å². The molecule has 1 aliphatic heterocycles. The topological polar surface area (TPSA) is 27.7 Å². The Morgan fingerprint density at radius 1 is 1.12 bits per heavy atom. The van der Waals surface area contributed by atoms with Gasteiger partial charge in [-0.1, -0.05) is 25.5 Å². The number of hydrogen-bond acceptors (Lipinski definition) is 3. The van der Waals surface area contributed by atoms with Crippen LogP contribution in [0.15, 0.2) is 18.2 Å². The Morgan fingerprint density at radius 3 is 2.44 bits per heavy atom. The van der Waals surface area contributed by atoms with Gasteiger partial charge in [0, 0.05) is 24.5 Å². The van der Waals surface area contributed by atoms with Crippen molar-refractivity contribution in [3.05, 3.63) is 35.1 Å². The Hall–Kier alpha value is -0.970. The van der Waals surface area contributed by atoms with Gasteiger partial charge in [-0.15, -0.1) is 0 Å². The van der Waals surface area contributed by atoms with Gasteiger partial charge in [-0.05, 0) is 49.7 Å². The summed E-state index contributed by atoms with van der Waals surface area (Å²) in [6.45, 7) is 4.21. The Bertz CT molecular complexity index is 532. The fourth-order valence-corrected chi connectivity index (χ4v) is 4.22. The van der Waals surface area contributed by atoms with Crippen LogP contribution in [0.5, 0.6) is 0 Å². The quantitative estimate of drug-likeness (QED) is 0.720. The molecule has 0 bridgehead atoms. The number of ether oxygens (including phenoxy) is 3. The van der Waals surface area contributed by atoms with Gasteiger partial charge in [-0.2, -0.15) is 0 Å². The molecule has 0 atom stereocenters. The number of methoxy groups -OCH3 is 1. The van der Waals surface area contributed by atoms with E-state index in [0.29, 0.717) is 29.9 Å². The highest BCUT2D eigenvalue weighted by molar-refractivity contribution is 5.27. The van der Waals surface area contributed by atoms with E-state index < -0.39 is 0 Å². The van der Waals surface area contributed by atoms with Gasteiger partial charge in [0.1, 0.15) is 5.82 Å². The van der Waals surface area contributed by atoms with Crippen molar-refractivity contribution in [3.63, 3.8) is 0 Å². The van der Waals surface area contributed by atoms with Gasteiger partial charge in [0.15, 0.2) is 6.29 Å². The lowest BCUT2D eigenvalue weighted by atomic mass is 9.78. The van der Waals surface area contributed by atoms with Crippen molar-refractivity contribution in [2.45, 2.75) is 64.3 Å². The fraction of sp³-hybridized carbons (Fsp3) is 0.714. The van der Waals surface area contributed by atoms with E-state index in [1.165, 1.54) is 12.8 Å². The maximum absolute atomic E-state index is 14.1. The zero-order valence-corrected chi connectivity index (χ0v) is 15.5. The molecule has 0 N–H and O–H groups in total. The second-order valence-corrected chi connectivity index (χ2v) is 7.59. The Labute approximate surface area is 150 Å². The van der Waals surface area contributed by atoms with Crippen LogP contribution in [-0.4, -0.2) is 26.6 Å². The Morgan fingerprint density at radius 2 is 1.84 bits per heavy atom. The first-order valence-electron chi connectivity index (χ1n) is 9.71. The number of benzene rings is 1. The van der Waals surface area contributed by atoms with E-state index in [2.05, 4.69) is 13.0 Å². The number of hydrogen-bond donors (Lipinski definition) is 0. The lowest BCUT2D eigenvalue weighted by molar-refractivity contribution is -0.229. The monoisotopic (exact) mass is 350 g/mol. The molecule has 0 amide bonds. The van der Waals surface area contributed by atoms with Crippen LogP contribution in [0.3, 0.4) is 0 Å². The molecule has 3 rings (SSSR count). The average Bonchev–Trinajstić information content (AvgIpc) is 2.65. The highest BCUT2D eigenvalue weighted by atomic mass is 19.1. The highest BCUT2D eigenvalue weighted by Gasteiger charge is 2.32. The molecule has 25 heavy (non-hydrogen) atoms. The highest BCUT2D eigenvalue weighted by Crippen LogP contribution is 2.39. The first-order valence-corrected chi connectivity index (χ1v) is 9.71. The van der Waals surface area contributed by atoms with E-state index in [9.17, 15) is 4.39 Å². The molecule has 0 unspecified atom stereocenters. The van der Waals surface area contributed by atoms with Crippen molar-refractivity contribution in [1.82, 2.24) is 0 Å². The molecule has 0 spiro atoms. The predicted molar refractivity (Wildman–Crippen MR) is 95.9 cm³/mol. The molecule has 3 nitrogen and oxygen atoms in total. The van der Waals surface area contributed by atoms with Crippen LogP contribution in [0.2, 0.25) is 0 Å². The smallest absolute Gasteiger partial charge is 0.160 e. The molecular weight excluding hydrogens is 319 g/mol. The van der Waals surface area contributed by atoms with Gasteiger partial charge in [0.25, 0.3) is 0 Å². The minimum Gasteiger partial charge on any atom is -0.380 e. The molecule has 1 aromatic rings. The van der Waals surface area contributed by atoms with Crippen LogP contribution < -0.4 is 0 Å². The van der Waals surface area contributed by atoms with Crippen LogP contribution in [0.25, 0.3) is 0 Å². The zero-order valence-electron chi connectivity index (χ0n) is 15.5. The molecule has 1 heterocycles. The largest absolute Gasteiger partial charge is 0.380 e. The second-order valence-electron chi connectivity index (χ2n) is 7.59. The number of rotatable bonds is 6. The van der Waals surface area contributed by atoms with Gasteiger partial charge < -0.3 is 14.2 Å². The molecule has 1 aliphatic carbocycles. The molecule has 1 aromatic carbocycles. The van der Waals surface area contributed by atoms with E-state index in [0.717, 1.165) is 44.5 Å². The molecule has 1 saturated heterocycles.